The third-order valence-corrected chi connectivity index (χ3v) is 4.95. The Balaban J connectivity index is 2.18. The Morgan fingerprint density at radius 3 is 2.26 bits per heavy atom. The van der Waals surface area contributed by atoms with Gasteiger partial charge in [0.05, 0.1) is 10.8 Å². The molecule has 0 aliphatic heterocycles. The Hall–Kier alpha value is -1.93. The Kier molecular flexibility index (Phi) is 5.73. The van der Waals surface area contributed by atoms with Crippen LogP contribution in [0.3, 0.4) is 0 Å². The lowest BCUT2D eigenvalue weighted by Crippen LogP contribution is -2.40. The smallest absolute Gasteiger partial charge is 0.242 e. The Morgan fingerprint density at radius 1 is 1.09 bits per heavy atom. The van der Waals surface area contributed by atoms with Gasteiger partial charge in [-0.2, -0.15) is 0 Å². The Morgan fingerprint density at radius 2 is 1.70 bits per heavy atom. The summed E-state index contributed by atoms with van der Waals surface area (Å²) in [6, 6.07) is 14.6. The highest BCUT2D eigenvalue weighted by atomic mass is 35.5. The highest BCUT2D eigenvalue weighted by molar-refractivity contribution is 7.89. The van der Waals surface area contributed by atoms with Crippen molar-refractivity contribution < 1.29 is 13.2 Å². The van der Waals surface area contributed by atoms with Gasteiger partial charge >= 0.3 is 0 Å². The number of sulfonamides is 1. The number of nitrogens with two attached hydrogens (primary N) is 1. The fraction of sp³-hybridized carbons (Fsp3) is 0.133. The van der Waals surface area contributed by atoms with Crippen molar-refractivity contribution in [2.45, 2.75) is 10.8 Å². The van der Waals surface area contributed by atoms with Crippen LogP contribution in [0.15, 0.2) is 59.5 Å². The molecule has 122 valence electrons. The SMILES string of the molecule is NNC(=O)C(CNS(=O)(=O)c1ccc(Cl)cc1)c1ccccc1. The number of carbonyl (C=O) groups is 1. The van der Waals surface area contributed by atoms with Crippen molar-refractivity contribution in [2.24, 2.45) is 5.84 Å². The van der Waals surface area contributed by atoms with Gasteiger partial charge in [0.25, 0.3) is 0 Å². The predicted molar refractivity (Wildman–Crippen MR) is 88.2 cm³/mol. The van der Waals surface area contributed by atoms with E-state index in [0.29, 0.717) is 10.6 Å². The van der Waals surface area contributed by atoms with Gasteiger partial charge in [0.2, 0.25) is 15.9 Å². The van der Waals surface area contributed by atoms with E-state index in [1.165, 1.54) is 24.3 Å². The molecule has 0 aliphatic carbocycles. The standard InChI is InChI=1S/C15H16ClN3O3S/c16-12-6-8-13(9-7-12)23(21,22)18-10-14(15(20)19-17)11-4-2-1-3-5-11/h1-9,14,18H,10,17H2,(H,19,20). The number of hydrogen-bond donors (Lipinski definition) is 3. The monoisotopic (exact) mass is 353 g/mol. The van der Waals surface area contributed by atoms with Crippen molar-refractivity contribution in [3.63, 3.8) is 0 Å². The number of halogens is 1. The molecule has 8 heteroatoms. The summed E-state index contributed by atoms with van der Waals surface area (Å²) in [5, 5.41) is 0.439. The normalized spacial score (nSPS) is 12.6. The lowest BCUT2D eigenvalue weighted by molar-refractivity contribution is -0.122. The van der Waals surface area contributed by atoms with Crippen LogP contribution >= 0.6 is 11.6 Å². The van der Waals surface area contributed by atoms with Gasteiger partial charge in [0, 0.05) is 11.6 Å². The lowest BCUT2D eigenvalue weighted by Gasteiger charge is -2.16. The maximum atomic E-state index is 12.3. The lowest BCUT2D eigenvalue weighted by atomic mass is 9.99. The molecule has 0 aliphatic rings. The molecule has 0 saturated carbocycles. The van der Waals surface area contributed by atoms with Gasteiger partial charge in [-0.05, 0) is 29.8 Å². The molecule has 0 fully saturated rings. The van der Waals surface area contributed by atoms with Gasteiger partial charge < -0.3 is 0 Å². The fourth-order valence-corrected chi connectivity index (χ4v) is 3.21. The van der Waals surface area contributed by atoms with Crippen molar-refractivity contribution in [1.29, 1.82) is 0 Å². The summed E-state index contributed by atoms with van der Waals surface area (Å²) in [6.45, 7) is -0.113. The van der Waals surface area contributed by atoms with Crippen LogP contribution in [-0.2, 0) is 14.8 Å². The van der Waals surface area contributed by atoms with E-state index < -0.39 is 21.8 Å². The molecule has 0 heterocycles. The second-order valence-corrected chi connectivity index (χ2v) is 6.98. The minimum absolute atomic E-state index is 0.0712. The Bertz CT molecular complexity index is 764. The molecule has 0 radical (unpaired) electrons. The first-order valence-electron chi connectivity index (χ1n) is 6.74. The molecule has 0 spiro atoms. The molecule has 1 unspecified atom stereocenters. The highest BCUT2D eigenvalue weighted by Crippen LogP contribution is 2.17. The van der Waals surface area contributed by atoms with E-state index in [0.717, 1.165) is 0 Å². The summed E-state index contributed by atoms with van der Waals surface area (Å²) in [7, 11) is -3.75. The number of carbonyl (C=O) groups excluding carboxylic acids is 1. The molecule has 1 atom stereocenters. The predicted octanol–water partition coefficient (Wildman–Crippen LogP) is 1.39. The van der Waals surface area contributed by atoms with E-state index in [4.69, 9.17) is 17.4 Å². The molecular formula is C15H16ClN3O3S. The van der Waals surface area contributed by atoms with E-state index in [1.54, 1.807) is 30.3 Å². The number of benzene rings is 2. The summed E-state index contributed by atoms with van der Waals surface area (Å²) < 4.78 is 27.0. The van der Waals surface area contributed by atoms with Crippen LogP contribution in [-0.4, -0.2) is 20.9 Å². The third-order valence-electron chi connectivity index (χ3n) is 3.26. The largest absolute Gasteiger partial charge is 0.294 e. The molecule has 1 amide bonds. The highest BCUT2D eigenvalue weighted by Gasteiger charge is 2.23. The van der Waals surface area contributed by atoms with Gasteiger partial charge in [-0.1, -0.05) is 41.9 Å². The van der Waals surface area contributed by atoms with Gasteiger partial charge in [-0.3, -0.25) is 10.2 Å². The number of hydrazine groups is 1. The van der Waals surface area contributed by atoms with E-state index >= 15 is 0 Å². The van der Waals surface area contributed by atoms with E-state index in [2.05, 4.69) is 10.1 Å². The molecule has 2 rings (SSSR count). The molecule has 0 aromatic heterocycles. The van der Waals surface area contributed by atoms with E-state index in [9.17, 15) is 13.2 Å². The number of rotatable bonds is 6. The fourth-order valence-electron chi connectivity index (χ4n) is 2.04. The first-order chi connectivity index (χ1) is 10.9. The maximum Gasteiger partial charge on any atom is 0.242 e. The van der Waals surface area contributed by atoms with Crippen LogP contribution in [0.1, 0.15) is 11.5 Å². The molecule has 2 aromatic carbocycles. The summed E-state index contributed by atoms with van der Waals surface area (Å²) in [6.07, 6.45) is 0. The van der Waals surface area contributed by atoms with Gasteiger partial charge in [-0.15, -0.1) is 0 Å². The number of nitrogens with one attached hydrogen (secondary N) is 2. The van der Waals surface area contributed by atoms with Gasteiger partial charge in [0.1, 0.15) is 0 Å². The van der Waals surface area contributed by atoms with E-state index in [-0.39, 0.29) is 11.4 Å². The van der Waals surface area contributed by atoms with Crippen LogP contribution in [0.4, 0.5) is 0 Å². The van der Waals surface area contributed by atoms with Crippen LogP contribution < -0.4 is 16.0 Å². The van der Waals surface area contributed by atoms with Gasteiger partial charge in [0.15, 0.2) is 0 Å². The quantitative estimate of drug-likeness (QED) is 0.415. The van der Waals surface area contributed by atoms with Crippen molar-refractivity contribution >= 4 is 27.5 Å². The Labute approximate surface area is 139 Å². The van der Waals surface area contributed by atoms with Crippen LogP contribution in [0, 0.1) is 0 Å². The number of hydrogen-bond acceptors (Lipinski definition) is 4. The first-order valence-corrected chi connectivity index (χ1v) is 8.61. The minimum atomic E-state index is -3.75. The van der Waals surface area contributed by atoms with Crippen LogP contribution in [0.25, 0.3) is 0 Å². The summed E-state index contributed by atoms with van der Waals surface area (Å²) in [5.41, 5.74) is 2.72. The van der Waals surface area contributed by atoms with Crippen molar-refractivity contribution in [3.05, 3.63) is 65.2 Å². The van der Waals surface area contributed by atoms with Crippen molar-refractivity contribution in [2.75, 3.05) is 6.54 Å². The average Bonchev–Trinajstić information content (AvgIpc) is 2.56. The summed E-state index contributed by atoms with van der Waals surface area (Å²) in [4.78, 5) is 12.0. The molecule has 0 bridgehead atoms. The second-order valence-electron chi connectivity index (χ2n) is 4.78. The zero-order chi connectivity index (χ0) is 16.9. The maximum absolute atomic E-state index is 12.3. The van der Waals surface area contributed by atoms with Crippen molar-refractivity contribution in [3.8, 4) is 0 Å². The summed E-state index contributed by atoms with van der Waals surface area (Å²) >= 11 is 5.75. The molecule has 4 N–H and O–H groups in total. The molecule has 6 nitrogen and oxygen atoms in total. The van der Waals surface area contributed by atoms with E-state index in [1.807, 2.05) is 0 Å². The van der Waals surface area contributed by atoms with Crippen molar-refractivity contribution in [1.82, 2.24) is 10.1 Å². The summed E-state index contributed by atoms with van der Waals surface area (Å²) in [5.74, 6) is 3.98. The minimum Gasteiger partial charge on any atom is -0.294 e. The second kappa shape index (κ2) is 7.56. The molecular weight excluding hydrogens is 338 g/mol. The third kappa shape index (κ3) is 4.52. The van der Waals surface area contributed by atoms with Gasteiger partial charge in [-0.25, -0.2) is 19.0 Å². The zero-order valence-corrected chi connectivity index (χ0v) is 13.6. The van der Waals surface area contributed by atoms with Crippen LogP contribution in [0.2, 0.25) is 5.02 Å². The molecule has 23 heavy (non-hydrogen) atoms. The number of amides is 1. The first kappa shape index (κ1) is 17.4. The van der Waals surface area contributed by atoms with Crippen LogP contribution in [0.5, 0.6) is 0 Å². The topological polar surface area (TPSA) is 101 Å². The zero-order valence-electron chi connectivity index (χ0n) is 12.1. The average molecular weight is 354 g/mol. The molecule has 2 aromatic rings. The molecule has 0 saturated heterocycles.